The second-order valence-electron chi connectivity index (χ2n) is 9.21. The Balaban J connectivity index is 3.69. The van der Waals surface area contributed by atoms with Gasteiger partial charge in [0.05, 0.1) is 0 Å². The van der Waals surface area contributed by atoms with Crippen LogP contribution in [0.4, 0.5) is 0 Å². The van der Waals surface area contributed by atoms with Crippen molar-refractivity contribution in [3.63, 3.8) is 0 Å². The van der Waals surface area contributed by atoms with Crippen molar-refractivity contribution in [3.05, 3.63) is 0 Å². The van der Waals surface area contributed by atoms with Crippen LogP contribution in [0.5, 0.6) is 0 Å². The summed E-state index contributed by atoms with van der Waals surface area (Å²) >= 11 is 0. The third kappa shape index (κ3) is 18.7. The topological polar surface area (TPSA) is 18.5 Å². The minimum atomic E-state index is -1.52. The molecule has 0 amide bonds. The van der Waals surface area contributed by atoms with E-state index in [1.54, 1.807) is 0 Å². The minimum absolute atomic E-state index is 0.0434. The fourth-order valence-electron chi connectivity index (χ4n) is 2.91. The van der Waals surface area contributed by atoms with Crippen LogP contribution in [-0.4, -0.2) is 22.9 Å². The second-order valence-corrected chi connectivity index (χ2v) is 18.1. The first-order chi connectivity index (χ1) is 11.1. The Labute approximate surface area is 155 Å². The highest BCUT2D eigenvalue weighted by atomic mass is 28.4. The molecule has 2 nitrogen and oxygen atoms in total. The van der Waals surface area contributed by atoms with Crippen LogP contribution in [0.15, 0.2) is 0 Å². The van der Waals surface area contributed by atoms with E-state index in [0.717, 1.165) is 6.42 Å². The zero-order valence-corrected chi connectivity index (χ0v) is 19.9. The summed E-state index contributed by atoms with van der Waals surface area (Å²) < 4.78 is 12.5. The lowest BCUT2D eigenvalue weighted by atomic mass is 10.1. The molecule has 0 unspecified atom stereocenters. The zero-order valence-electron chi connectivity index (χ0n) is 17.9. The van der Waals surface area contributed by atoms with Crippen molar-refractivity contribution in [2.75, 3.05) is 0 Å². The molecule has 0 N–H and O–H groups in total. The van der Waals surface area contributed by atoms with Gasteiger partial charge in [-0.3, -0.25) is 0 Å². The molecule has 24 heavy (non-hydrogen) atoms. The zero-order chi connectivity index (χ0) is 18.5. The van der Waals surface area contributed by atoms with Crippen LogP contribution in [0, 0.1) is 0 Å². The molecule has 0 spiro atoms. The Kier molecular flexibility index (Phi) is 13.7. The highest BCUT2D eigenvalue weighted by Gasteiger charge is 2.26. The molecule has 0 heterocycles. The quantitative estimate of drug-likeness (QED) is 0.156. The lowest BCUT2D eigenvalue weighted by molar-refractivity contribution is -0.0152. The fraction of sp³-hybridized carbons (Fsp3) is 1.00. The van der Waals surface area contributed by atoms with Crippen LogP contribution in [0.25, 0.3) is 0 Å². The van der Waals surface area contributed by atoms with E-state index in [2.05, 4.69) is 46.2 Å². The molecule has 4 heteroatoms. The van der Waals surface area contributed by atoms with Crippen molar-refractivity contribution in [1.29, 1.82) is 0 Å². The van der Waals surface area contributed by atoms with Crippen LogP contribution in [0.2, 0.25) is 39.3 Å². The largest absolute Gasteiger partial charge is 0.394 e. The van der Waals surface area contributed by atoms with Gasteiger partial charge in [0.1, 0.15) is 6.29 Å². The van der Waals surface area contributed by atoms with Crippen LogP contribution >= 0.6 is 0 Å². The normalized spacial score (nSPS) is 13.0. The van der Waals surface area contributed by atoms with Gasteiger partial charge in [0.15, 0.2) is 16.6 Å². The highest BCUT2D eigenvalue weighted by Crippen LogP contribution is 2.20. The highest BCUT2D eigenvalue weighted by molar-refractivity contribution is 6.70. The monoisotopic (exact) mass is 374 g/mol. The molecular weight excluding hydrogens is 328 g/mol. The molecular formula is C20H46O2Si2. The van der Waals surface area contributed by atoms with Gasteiger partial charge in [-0.15, -0.1) is 0 Å². The molecule has 0 rings (SSSR count). The van der Waals surface area contributed by atoms with Gasteiger partial charge in [0, 0.05) is 0 Å². The standard InChI is InChI=1S/C20H46O2Si2/c1-8-9-10-11-12-13-14-15-16-17-18-19-20(21-23(2,3)4)22-24(5,6)7/h20H,8-19H2,1-7H3. The van der Waals surface area contributed by atoms with Crippen LogP contribution in [0.3, 0.4) is 0 Å². The molecule has 0 aromatic carbocycles. The molecule has 0 aliphatic carbocycles. The van der Waals surface area contributed by atoms with Gasteiger partial charge in [-0.05, 0) is 52.1 Å². The second kappa shape index (κ2) is 13.5. The van der Waals surface area contributed by atoms with E-state index in [9.17, 15) is 0 Å². The van der Waals surface area contributed by atoms with Crippen LogP contribution in [-0.2, 0) is 8.85 Å². The Bertz CT molecular complexity index is 266. The number of rotatable bonds is 16. The Morgan fingerprint density at radius 3 is 1.21 bits per heavy atom. The van der Waals surface area contributed by atoms with Crippen molar-refractivity contribution in [3.8, 4) is 0 Å². The number of unbranched alkanes of at least 4 members (excludes halogenated alkanes) is 10. The third-order valence-corrected chi connectivity index (χ3v) is 5.95. The molecule has 0 saturated carbocycles. The van der Waals surface area contributed by atoms with Crippen molar-refractivity contribution in [2.45, 2.75) is 130 Å². The van der Waals surface area contributed by atoms with E-state index in [0.29, 0.717) is 0 Å². The van der Waals surface area contributed by atoms with Crippen LogP contribution in [0.1, 0.15) is 84.0 Å². The summed E-state index contributed by atoms with van der Waals surface area (Å²) in [6.07, 6.45) is 16.4. The first-order valence-electron chi connectivity index (χ1n) is 10.5. The summed E-state index contributed by atoms with van der Waals surface area (Å²) in [7, 11) is -3.05. The lowest BCUT2D eigenvalue weighted by Crippen LogP contribution is -2.39. The van der Waals surface area contributed by atoms with Crippen molar-refractivity contribution in [2.24, 2.45) is 0 Å². The average molecular weight is 375 g/mol. The molecule has 0 atom stereocenters. The predicted molar refractivity (Wildman–Crippen MR) is 114 cm³/mol. The molecule has 0 aromatic rings. The Morgan fingerprint density at radius 1 is 0.542 bits per heavy atom. The van der Waals surface area contributed by atoms with E-state index in [4.69, 9.17) is 8.85 Å². The molecule has 0 fully saturated rings. The maximum Gasteiger partial charge on any atom is 0.187 e. The van der Waals surface area contributed by atoms with E-state index in [1.165, 1.54) is 70.6 Å². The minimum Gasteiger partial charge on any atom is -0.394 e. The molecule has 0 aliphatic heterocycles. The molecule has 146 valence electrons. The van der Waals surface area contributed by atoms with Crippen molar-refractivity contribution < 1.29 is 8.85 Å². The van der Waals surface area contributed by atoms with Crippen molar-refractivity contribution in [1.82, 2.24) is 0 Å². The maximum atomic E-state index is 6.26. The number of hydrogen-bond acceptors (Lipinski definition) is 2. The summed E-state index contributed by atoms with van der Waals surface area (Å²) in [5, 5.41) is 0. The summed E-state index contributed by atoms with van der Waals surface area (Å²) in [5.74, 6) is 0. The molecule has 0 aromatic heterocycles. The first-order valence-corrected chi connectivity index (χ1v) is 17.3. The third-order valence-electron chi connectivity index (χ3n) is 4.01. The summed E-state index contributed by atoms with van der Waals surface area (Å²) in [5.41, 5.74) is 0. The summed E-state index contributed by atoms with van der Waals surface area (Å²) in [6.45, 7) is 15.8. The Morgan fingerprint density at radius 2 is 0.875 bits per heavy atom. The number of hydrogen-bond donors (Lipinski definition) is 0. The molecule has 0 radical (unpaired) electrons. The SMILES string of the molecule is CCCCCCCCCCCCCC(O[Si](C)(C)C)O[Si](C)(C)C. The van der Waals surface area contributed by atoms with Crippen LogP contribution < -0.4 is 0 Å². The molecule has 0 bridgehead atoms. The predicted octanol–water partition coefficient (Wildman–Crippen LogP) is 7.72. The molecule has 0 saturated heterocycles. The lowest BCUT2D eigenvalue weighted by Gasteiger charge is -2.31. The molecule has 0 aliphatic rings. The first kappa shape index (κ1) is 24.4. The van der Waals surface area contributed by atoms with E-state index >= 15 is 0 Å². The Hall–Kier alpha value is 0.354. The van der Waals surface area contributed by atoms with E-state index in [-0.39, 0.29) is 6.29 Å². The van der Waals surface area contributed by atoms with Gasteiger partial charge in [0.25, 0.3) is 0 Å². The van der Waals surface area contributed by atoms with E-state index in [1.807, 2.05) is 0 Å². The van der Waals surface area contributed by atoms with Crippen molar-refractivity contribution >= 4 is 16.6 Å². The van der Waals surface area contributed by atoms with Gasteiger partial charge in [0.2, 0.25) is 0 Å². The smallest absolute Gasteiger partial charge is 0.187 e. The fourth-order valence-corrected chi connectivity index (χ4v) is 4.91. The van der Waals surface area contributed by atoms with Gasteiger partial charge in [-0.1, -0.05) is 71.1 Å². The van der Waals surface area contributed by atoms with Gasteiger partial charge < -0.3 is 8.85 Å². The summed E-state index contributed by atoms with van der Waals surface area (Å²) in [4.78, 5) is 0. The maximum absolute atomic E-state index is 6.26. The van der Waals surface area contributed by atoms with E-state index < -0.39 is 16.6 Å². The average Bonchev–Trinajstić information content (AvgIpc) is 2.41. The summed E-state index contributed by atoms with van der Waals surface area (Å²) in [6, 6.07) is 0. The van der Waals surface area contributed by atoms with Gasteiger partial charge in [-0.2, -0.15) is 0 Å². The van der Waals surface area contributed by atoms with Gasteiger partial charge in [-0.25, -0.2) is 0 Å². The van der Waals surface area contributed by atoms with Gasteiger partial charge >= 0.3 is 0 Å².